The molecule has 11 heavy (non-hydrogen) atoms. The minimum absolute atomic E-state index is 0. The first-order valence-corrected chi connectivity index (χ1v) is 3.11. The van der Waals surface area contributed by atoms with E-state index in [0.717, 1.165) is 4.48 Å². The molecular weight excluding hydrogens is 148 g/mol. The maximum Gasteiger partial charge on any atom is 0.0974 e. The third-order valence-corrected chi connectivity index (χ3v) is 0.158. The number of aliphatic hydroxyl groups is 1. The number of rotatable bonds is 1. The highest BCUT2D eigenvalue weighted by Gasteiger charge is 1.88. The first-order valence-electron chi connectivity index (χ1n) is 3.11. The summed E-state index contributed by atoms with van der Waals surface area (Å²) in [7, 11) is 8.50. The zero-order valence-corrected chi connectivity index (χ0v) is 7.91. The number of hydrogen-bond donors (Lipinski definition) is 2. The maximum atomic E-state index is 7.81. The van der Waals surface area contributed by atoms with Crippen LogP contribution >= 0.6 is 0 Å². The van der Waals surface area contributed by atoms with Crippen LogP contribution in [0.5, 0.6) is 0 Å². The Morgan fingerprint density at radius 3 is 1.18 bits per heavy atom. The second-order valence-electron chi connectivity index (χ2n) is 3.26. The van der Waals surface area contributed by atoms with Crippen molar-refractivity contribution in [3.63, 3.8) is 0 Å². The molecule has 0 heterocycles. The third-order valence-electron chi connectivity index (χ3n) is 0.158. The van der Waals surface area contributed by atoms with Crippen LogP contribution in [0.1, 0.15) is 0 Å². The zero-order chi connectivity index (χ0) is 7.91. The maximum absolute atomic E-state index is 7.81. The first-order chi connectivity index (χ1) is 3.91. The van der Waals surface area contributed by atoms with Crippen molar-refractivity contribution in [1.29, 1.82) is 0 Å². The van der Waals surface area contributed by atoms with Gasteiger partial charge in [0.25, 0.3) is 0 Å². The van der Waals surface area contributed by atoms with Gasteiger partial charge in [-0.2, -0.15) is 0 Å². The van der Waals surface area contributed by atoms with Crippen molar-refractivity contribution in [2.75, 3.05) is 41.3 Å². The lowest BCUT2D eigenvalue weighted by Crippen LogP contribution is -2.51. The van der Waals surface area contributed by atoms with Crippen molar-refractivity contribution in [3.8, 4) is 0 Å². The largest absolute Gasteiger partial charge is 0.870 e. The molecule has 0 rings (SSSR count). The molecule has 0 aromatic heterocycles. The van der Waals surface area contributed by atoms with Gasteiger partial charge in [-0.3, -0.25) is 0 Å². The van der Waals surface area contributed by atoms with Gasteiger partial charge < -0.3 is 26.3 Å². The van der Waals surface area contributed by atoms with Crippen molar-refractivity contribution in [2.24, 2.45) is 0 Å². The number of nitrogens with zero attached hydrogens (tertiary/aromatic N) is 1. The fourth-order valence-corrected chi connectivity index (χ4v) is 0. The summed E-state index contributed by atoms with van der Waals surface area (Å²) in [6.07, 6.45) is 0. The minimum atomic E-state index is 0. The Labute approximate surface area is 68.6 Å². The molecule has 0 saturated carbocycles. The van der Waals surface area contributed by atoms with Crippen LogP contribution in [0.15, 0.2) is 0 Å². The Balaban J connectivity index is -0.0000000383. The Morgan fingerprint density at radius 1 is 1.09 bits per heavy atom. The summed E-state index contributed by atoms with van der Waals surface area (Å²) in [4.78, 5) is 0. The van der Waals surface area contributed by atoms with Crippen molar-refractivity contribution < 1.29 is 26.3 Å². The summed E-state index contributed by atoms with van der Waals surface area (Å²) in [5, 5.41) is 7.81. The summed E-state index contributed by atoms with van der Waals surface area (Å²) in [5.74, 6) is 0. The van der Waals surface area contributed by atoms with E-state index in [2.05, 4.69) is 33.9 Å². The van der Waals surface area contributed by atoms with Crippen LogP contribution in [-0.2, 0) is 0 Å². The summed E-state index contributed by atoms with van der Waals surface area (Å²) in [6, 6.07) is 0. The predicted octanol–water partition coefficient (Wildman–Crippen LogP) is -1.81. The fraction of sp³-hybridized carbons (Fsp3) is 1.00. The van der Waals surface area contributed by atoms with Crippen LogP contribution in [0.25, 0.3) is 0 Å². The highest BCUT2D eigenvalue weighted by atomic mass is 16.3. The first kappa shape index (κ1) is 22.4. The lowest BCUT2D eigenvalue weighted by molar-refractivity contribution is -0.849. The molecule has 0 aromatic rings. The van der Waals surface area contributed by atoms with Gasteiger partial charge in [0.2, 0.25) is 0 Å². The molecule has 0 aliphatic carbocycles. The highest BCUT2D eigenvalue weighted by molar-refractivity contribution is 4.03. The van der Waals surface area contributed by atoms with Crippen molar-refractivity contribution in [3.05, 3.63) is 0 Å². The molecule has 0 aliphatic heterocycles. The molecule has 0 fully saturated rings. The fourth-order valence-electron chi connectivity index (χ4n) is 0. The molecule has 0 aromatic carbocycles. The molecule has 0 unspecified atom stereocenters. The average Bonchev–Trinajstić information content (AvgIpc) is 1.61. The van der Waals surface area contributed by atoms with Gasteiger partial charge >= 0.3 is 0 Å². The van der Waals surface area contributed by atoms with Crippen molar-refractivity contribution in [1.82, 2.24) is 0 Å². The lowest BCUT2D eigenvalue weighted by Gasteiger charge is -2.14. The normalized spacial score (nSPS) is 8.18. The molecule has 6 N–H and O–H groups in total. The van der Waals surface area contributed by atoms with Gasteiger partial charge in [-0.1, -0.05) is 0 Å². The SMILES string of the molecule is C[N+](C)(C)C.[NH3+]CCO.[OH-].[OH-]. The third kappa shape index (κ3) is 932. The Hall–Kier alpha value is -0.200. The highest BCUT2D eigenvalue weighted by Crippen LogP contribution is 1.73. The predicted molar refractivity (Wildman–Crippen MR) is 42.7 cm³/mol. The Bertz CT molecular complexity index is 46.3. The van der Waals surface area contributed by atoms with E-state index in [0.29, 0.717) is 6.54 Å². The van der Waals surface area contributed by atoms with Gasteiger partial charge in [0.1, 0.15) is 0 Å². The quantitative estimate of drug-likeness (QED) is 0.453. The van der Waals surface area contributed by atoms with Gasteiger partial charge in [-0.05, 0) is 0 Å². The topological polar surface area (TPSA) is 108 Å². The van der Waals surface area contributed by atoms with E-state index in [1.165, 1.54) is 0 Å². The summed E-state index contributed by atoms with van der Waals surface area (Å²) < 4.78 is 1.00. The standard InChI is InChI=1S/C4H12N.C2H7NO.2H2O/c1-5(2,3)4;3-1-2-4;;/h1-4H3;4H,1-3H2;2*1H2/q+1;;;/p-1. The average molecular weight is 170 g/mol. The van der Waals surface area contributed by atoms with E-state index in [9.17, 15) is 0 Å². The van der Waals surface area contributed by atoms with E-state index < -0.39 is 0 Å². The second-order valence-corrected chi connectivity index (χ2v) is 3.26. The van der Waals surface area contributed by atoms with E-state index in [1.54, 1.807) is 0 Å². The van der Waals surface area contributed by atoms with Crippen molar-refractivity contribution in [2.45, 2.75) is 0 Å². The number of aliphatic hydroxyl groups excluding tert-OH is 1. The van der Waals surface area contributed by atoms with Crippen LogP contribution in [0.2, 0.25) is 0 Å². The van der Waals surface area contributed by atoms with Crippen LogP contribution in [0, 0.1) is 0 Å². The lowest BCUT2D eigenvalue weighted by atomic mass is 10.8. The van der Waals surface area contributed by atoms with E-state index >= 15 is 0 Å². The van der Waals surface area contributed by atoms with Crippen LogP contribution in [0.3, 0.4) is 0 Å². The molecule has 74 valence electrons. The number of hydrogen-bond acceptors (Lipinski definition) is 3. The van der Waals surface area contributed by atoms with Crippen LogP contribution in [0.4, 0.5) is 0 Å². The smallest absolute Gasteiger partial charge is 0.0974 e. The van der Waals surface area contributed by atoms with E-state index in [1.807, 2.05) is 0 Å². The molecule has 0 atom stereocenters. The van der Waals surface area contributed by atoms with Crippen molar-refractivity contribution >= 4 is 0 Å². The summed E-state index contributed by atoms with van der Waals surface area (Å²) in [6.45, 7) is 0.833. The van der Waals surface area contributed by atoms with Gasteiger partial charge in [0.05, 0.1) is 41.3 Å². The molecule has 0 radical (unpaired) electrons. The molecule has 5 heteroatoms. The second kappa shape index (κ2) is 12.5. The van der Waals surface area contributed by atoms with E-state index in [-0.39, 0.29) is 17.6 Å². The van der Waals surface area contributed by atoms with Crippen LogP contribution < -0.4 is 5.73 Å². The molecule has 0 amide bonds. The molecule has 5 nitrogen and oxygen atoms in total. The van der Waals surface area contributed by atoms with Gasteiger partial charge in [0.15, 0.2) is 0 Å². The summed E-state index contributed by atoms with van der Waals surface area (Å²) >= 11 is 0. The van der Waals surface area contributed by atoms with Gasteiger partial charge in [0, 0.05) is 0 Å². The van der Waals surface area contributed by atoms with Gasteiger partial charge in [-0.25, -0.2) is 0 Å². The Kier molecular flexibility index (Phi) is 25.4. The van der Waals surface area contributed by atoms with Gasteiger partial charge in [-0.15, -0.1) is 0 Å². The Morgan fingerprint density at radius 2 is 1.18 bits per heavy atom. The molecule has 0 aliphatic rings. The molecular formula is C6H22N2O3. The summed E-state index contributed by atoms with van der Waals surface area (Å²) in [5.41, 5.74) is 3.35. The molecule has 0 saturated heterocycles. The number of quaternary nitrogens is 2. The zero-order valence-electron chi connectivity index (χ0n) is 7.91. The molecule has 0 bridgehead atoms. The van der Waals surface area contributed by atoms with E-state index in [4.69, 9.17) is 5.11 Å². The monoisotopic (exact) mass is 170 g/mol. The van der Waals surface area contributed by atoms with Crippen LogP contribution in [-0.4, -0.2) is 61.9 Å². The minimum Gasteiger partial charge on any atom is -0.870 e. The molecule has 0 spiro atoms.